The predicted octanol–water partition coefficient (Wildman–Crippen LogP) is 1.36. The summed E-state index contributed by atoms with van der Waals surface area (Å²) in [5.74, 6) is -3.36. The van der Waals surface area contributed by atoms with Crippen LogP contribution in [0.15, 0.2) is 24.3 Å². The lowest BCUT2D eigenvalue weighted by molar-refractivity contribution is -0.225. The lowest BCUT2D eigenvalue weighted by Gasteiger charge is -2.16. The number of hydroxylamine groups is 2. The van der Waals surface area contributed by atoms with Crippen LogP contribution in [0.25, 0.3) is 0 Å². The highest BCUT2D eigenvalue weighted by molar-refractivity contribution is 5.94. The third-order valence-electron chi connectivity index (χ3n) is 1.89. The minimum Gasteiger partial charge on any atom is -0.399 e. The molecular weight excluding hydrogens is 253 g/mol. The maximum Gasteiger partial charge on any atom is 0.493 e. The van der Waals surface area contributed by atoms with Crippen molar-refractivity contribution >= 4 is 17.6 Å². The fraction of sp³-hybridized carbons (Fsp3) is 0.200. The van der Waals surface area contributed by atoms with Crippen molar-refractivity contribution in [2.45, 2.75) is 6.18 Å². The number of benzene rings is 1. The molecule has 0 radical (unpaired) electrons. The minimum atomic E-state index is -5.16. The Balaban J connectivity index is 2.73. The van der Waals surface area contributed by atoms with Crippen LogP contribution in [0.4, 0.5) is 18.9 Å². The van der Waals surface area contributed by atoms with Gasteiger partial charge in [-0.1, -0.05) is 0 Å². The standard InChI is InChI=1S/C10H9F3N2O3/c1-15(18-9(17)10(11,12)13)8(16)6-2-4-7(14)5-3-6/h2-5H,14H2,1H3. The first-order chi connectivity index (χ1) is 8.21. The van der Waals surface area contributed by atoms with Gasteiger partial charge >= 0.3 is 12.1 Å². The molecular formula is C10H9F3N2O3. The average Bonchev–Trinajstić information content (AvgIpc) is 2.27. The molecule has 98 valence electrons. The topological polar surface area (TPSA) is 72.6 Å². The SMILES string of the molecule is CN(OC(=O)C(F)(F)F)C(=O)c1ccc(N)cc1. The maximum atomic E-state index is 11.9. The van der Waals surface area contributed by atoms with Crippen molar-refractivity contribution in [3.05, 3.63) is 29.8 Å². The molecule has 0 bridgehead atoms. The number of carbonyl (C=O) groups excluding carboxylic acids is 2. The Hall–Kier alpha value is -2.25. The number of amides is 1. The molecule has 0 aromatic heterocycles. The molecule has 8 heteroatoms. The molecule has 2 N–H and O–H groups in total. The molecule has 1 aromatic carbocycles. The van der Waals surface area contributed by atoms with Crippen molar-refractivity contribution in [3.8, 4) is 0 Å². The number of nitrogens with two attached hydrogens (primary N) is 1. The largest absolute Gasteiger partial charge is 0.493 e. The van der Waals surface area contributed by atoms with Crippen molar-refractivity contribution in [2.24, 2.45) is 0 Å². The van der Waals surface area contributed by atoms with Crippen molar-refractivity contribution in [1.29, 1.82) is 0 Å². The number of hydrogen-bond acceptors (Lipinski definition) is 4. The second kappa shape index (κ2) is 4.94. The van der Waals surface area contributed by atoms with Gasteiger partial charge < -0.3 is 10.6 Å². The number of hydrogen-bond donors (Lipinski definition) is 1. The highest BCUT2D eigenvalue weighted by atomic mass is 19.4. The van der Waals surface area contributed by atoms with Crippen LogP contribution in [0.2, 0.25) is 0 Å². The molecule has 0 aliphatic carbocycles. The second-order valence-electron chi connectivity index (χ2n) is 3.30. The van der Waals surface area contributed by atoms with Crippen LogP contribution in [0.1, 0.15) is 10.4 Å². The van der Waals surface area contributed by atoms with E-state index in [0.717, 1.165) is 7.05 Å². The van der Waals surface area contributed by atoms with Crippen molar-refractivity contribution in [2.75, 3.05) is 12.8 Å². The quantitative estimate of drug-likeness (QED) is 0.612. The van der Waals surface area contributed by atoms with E-state index in [2.05, 4.69) is 4.84 Å². The van der Waals surface area contributed by atoms with Crippen LogP contribution < -0.4 is 5.73 Å². The molecule has 0 atom stereocenters. The first kappa shape index (κ1) is 13.8. The molecule has 1 rings (SSSR count). The Bertz CT molecular complexity index is 456. The normalized spacial score (nSPS) is 10.9. The lowest BCUT2D eigenvalue weighted by Crippen LogP contribution is -2.36. The highest BCUT2D eigenvalue weighted by Crippen LogP contribution is 2.17. The summed E-state index contributed by atoms with van der Waals surface area (Å²) in [6, 6.07) is 5.39. The zero-order valence-corrected chi connectivity index (χ0v) is 9.19. The average molecular weight is 262 g/mol. The molecule has 0 heterocycles. The summed E-state index contributed by atoms with van der Waals surface area (Å²) in [5, 5.41) is 0.210. The van der Waals surface area contributed by atoms with E-state index in [4.69, 9.17) is 5.73 Å². The van der Waals surface area contributed by atoms with Crippen molar-refractivity contribution in [3.63, 3.8) is 0 Å². The van der Waals surface area contributed by atoms with Crippen LogP contribution in [0, 0.1) is 0 Å². The number of carbonyl (C=O) groups is 2. The summed E-state index contributed by atoms with van der Waals surface area (Å²) in [7, 11) is 0.905. The zero-order chi connectivity index (χ0) is 13.9. The smallest absolute Gasteiger partial charge is 0.399 e. The van der Waals surface area contributed by atoms with Gasteiger partial charge in [0.1, 0.15) is 0 Å². The van der Waals surface area contributed by atoms with Crippen molar-refractivity contribution < 1.29 is 27.6 Å². The monoisotopic (exact) mass is 262 g/mol. The van der Waals surface area contributed by atoms with Crippen molar-refractivity contribution in [1.82, 2.24) is 5.06 Å². The first-order valence-electron chi connectivity index (χ1n) is 4.64. The Morgan fingerprint density at radius 2 is 1.72 bits per heavy atom. The summed E-state index contributed by atoms with van der Waals surface area (Å²) in [4.78, 5) is 25.9. The molecule has 1 amide bonds. The van der Waals surface area contributed by atoms with E-state index in [-0.39, 0.29) is 10.6 Å². The fourth-order valence-corrected chi connectivity index (χ4v) is 1.03. The van der Waals surface area contributed by atoms with Gasteiger partial charge in [0.15, 0.2) is 0 Å². The molecule has 18 heavy (non-hydrogen) atoms. The number of rotatable bonds is 1. The van der Waals surface area contributed by atoms with Gasteiger partial charge in [0.25, 0.3) is 5.91 Å². The number of alkyl halides is 3. The van der Waals surface area contributed by atoms with Gasteiger partial charge in [-0.3, -0.25) is 4.79 Å². The van der Waals surface area contributed by atoms with E-state index in [1.54, 1.807) is 0 Å². The van der Waals surface area contributed by atoms with E-state index in [1.807, 2.05) is 0 Å². The number of nitrogen functional groups attached to an aromatic ring is 1. The highest BCUT2D eigenvalue weighted by Gasteiger charge is 2.43. The fourth-order valence-electron chi connectivity index (χ4n) is 1.03. The Labute approximate surface area is 99.9 Å². The zero-order valence-electron chi connectivity index (χ0n) is 9.19. The van der Waals surface area contributed by atoms with Crippen LogP contribution in [-0.2, 0) is 9.63 Å². The summed E-state index contributed by atoms with van der Waals surface area (Å²) in [6.07, 6.45) is -5.16. The Kier molecular flexibility index (Phi) is 3.79. The third-order valence-corrected chi connectivity index (χ3v) is 1.89. The van der Waals surface area contributed by atoms with E-state index in [1.165, 1.54) is 24.3 Å². The first-order valence-corrected chi connectivity index (χ1v) is 4.64. The van der Waals surface area contributed by atoms with Gasteiger partial charge in [-0.25, -0.2) is 4.79 Å². The van der Waals surface area contributed by atoms with Gasteiger partial charge in [-0.2, -0.15) is 18.2 Å². The van der Waals surface area contributed by atoms with E-state index >= 15 is 0 Å². The van der Waals surface area contributed by atoms with E-state index in [0.29, 0.717) is 5.69 Å². The number of anilines is 1. The molecule has 0 aliphatic heterocycles. The molecule has 0 aliphatic rings. The summed E-state index contributed by atoms with van der Waals surface area (Å²) in [6.45, 7) is 0. The lowest BCUT2D eigenvalue weighted by atomic mass is 10.2. The maximum absolute atomic E-state index is 11.9. The third kappa shape index (κ3) is 3.37. The number of halogens is 3. The van der Waals surface area contributed by atoms with Crippen LogP contribution in [-0.4, -0.2) is 30.2 Å². The predicted molar refractivity (Wildman–Crippen MR) is 55.1 cm³/mol. The second-order valence-corrected chi connectivity index (χ2v) is 3.30. The summed E-state index contributed by atoms with van der Waals surface area (Å²) < 4.78 is 35.7. The Morgan fingerprint density at radius 3 is 2.17 bits per heavy atom. The van der Waals surface area contributed by atoms with Gasteiger partial charge in [0.05, 0.1) is 0 Å². The van der Waals surface area contributed by atoms with Crippen LogP contribution >= 0.6 is 0 Å². The molecule has 5 nitrogen and oxygen atoms in total. The van der Waals surface area contributed by atoms with Gasteiger partial charge in [-0.05, 0) is 24.3 Å². The molecule has 0 unspecified atom stereocenters. The van der Waals surface area contributed by atoms with Gasteiger partial charge in [0, 0.05) is 18.3 Å². The van der Waals surface area contributed by atoms with E-state index in [9.17, 15) is 22.8 Å². The molecule has 0 saturated carbocycles. The van der Waals surface area contributed by atoms with Gasteiger partial charge in [0.2, 0.25) is 0 Å². The van der Waals surface area contributed by atoms with Crippen LogP contribution in [0.3, 0.4) is 0 Å². The molecule has 0 spiro atoms. The minimum absolute atomic E-state index is 0.0432. The van der Waals surface area contributed by atoms with Gasteiger partial charge in [-0.15, -0.1) is 0 Å². The number of nitrogens with zero attached hydrogens (tertiary/aromatic N) is 1. The summed E-state index contributed by atoms with van der Waals surface area (Å²) >= 11 is 0. The molecule has 0 saturated heterocycles. The van der Waals surface area contributed by atoms with Crippen LogP contribution in [0.5, 0.6) is 0 Å². The molecule has 1 aromatic rings. The summed E-state index contributed by atoms with van der Waals surface area (Å²) in [5.41, 5.74) is 5.82. The van der Waals surface area contributed by atoms with E-state index < -0.39 is 18.1 Å². The molecule has 0 fully saturated rings. The Morgan fingerprint density at radius 1 is 1.22 bits per heavy atom.